The smallest absolute Gasteiger partial charge is 0.123 e. The highest BCUT2D eigenvalue weighted by Gasteiger charge is 2.13. The van der Waals surface area contributed by atoms with Crippen LogP contribution in [-0.2, 0) is 6.42 Å². The minimum absolute atomic E-state index is 0.282. The Morgan fingerprint density at radius 1 is 1.21 bits per heavy atom. The molecule has 0 saturated carbocycles. The predicted molar refractivity (Wildman–Crippen MR) is 82.0 cm³/mol. The molecule has 2 unspecified atom stereocenters. The molecule has 0 aliphatic carbocycles. The van der Waals surface area contributed by atoms with Gasteiger partial charge in [0.05, 0.1) is 7.11 Å². The summed E-state index contributed by atoms with van der Waals surface area (Å²) in [6.45, 7) is 4.41. The van der Waals surface area contributed by atoms with Gasteiger partial charge in [-0.05, 0) is 48.7 Å². The number of hydrogen-bond acceptors (Lipinski definition) is 3. The lowest BCUT2D eigenvalue weighted by atomic mass is 10.0. The summed E-state index contributed by atoms with van der Waals surface area (Å²) in [5.74, 6) is 0.949. The van der Waals surface area contributed by atoms with Crippen LogP contribution in [-0.4, -0.2) is 13.2 Å². The fraction of sp³-hybridized carbons (Fsp3) is 0.375. The molecule has 102 valence electrons. The molecule has 1 N–H and O–H groups in total. The van der Waals surface area contributed by atoms with E-state index in [4.69, 9.17) is 4.74 Å². The fourth-order valence-electron chi connectivity index (χ4n) is 2.36. The molecule has 2 atom stereocenters. The highest BCUT2D eigenvalue weighted by atomic mass is 32.1. The van der Waals surface area contributed by atoms with Crippen LogP contribution in [0.3, 0.4) is 0 Å². The number of benzene rings is 1. The molecule has 1 aromatic carbocycles. The summed E-state index contributed by atoms with van der Waals surface area (Å²) in [7, 11) is 1.72. The van der Waals surface area contributed by atoms with Crippen molar-refractivity contribution in [2.75, 3.05) is 7.11 Å². The monoisotopic (exact) mass is 275 g/mol. The van der Waals surface area contributed by atoms with E-state index in [2.05, 4.69) is 48.1 Å². The van der Waals surface area contributed by atoms with Gasteiger partial charge in [-0.1, -0.05) is 18.2 Å². The zero-order valence-corrected chi connectivity index (χ0v) is 12.5. The lowest BCUT2D eigenvalue weighted by Gasteiger charge is -2.21. The Kier molecular flexibility index (Phi) is 5.00. The van der Waals surface area contributed by atoms with Gasteiger partial charge in [-0.3, -0.25) is 0 Å². The van der Waals surface area contributed by atoms with Gasteiger partial charge < -0.3 is 10.1 Å². The highest BCUT2D eigenvalue weighted by molar-refractivity contribution is 7.07. The molecule has 0 fully saturated rings. The Morgan fingerprint density at radius 3 is 2.68 bits per heavy atom. The predicted octanol–water partition coefficient (Wildman–Crippen LogP) is 4.04. The first-order valence-corrected chi connectivity index (χ1v) is 7.55. The van der Waals surface area contributed by atoms with Gasteiger partial charge in [0.15, 0.2) is 0 Å². The molecule has 0 radical (unpaired) electrons. The molecule has 1 heterocycles. The number of hydrogen-bond donors (Lipinski definition) is 1. The van der Waals surface area contributed by atoms with Crippen LogP contribution in [0.4, 0.5) is 0 Å². The van der Waals surface area contributed by atoms with Crippen molar-refractivity contribution < 1.29 is 4.74 Å². The average molecular weight is 275 g/mol. The summed E-state index contributed by atoms with van der Waals surface area (Å²) in [5.41, 5.74) is 2.61. The van der Waals surface area contributed by atoms with E-state index in [1.165, 1.54) is 11.1 Å². The molecule has 2 aromatic rings. The summed E-state index contributed by atoms with van der Waals surface area (Å²) in [5, 5.41) is 7.98. The van der Waals surface area contributed by atoms with E-state index in [0.717, 1.165) is 12.2 Å². The van der Waals surface area contributed by atoms with Crippen LogP contribution in [0, 0.1) is 0 Å². The van der Waals surface area contributed by atoms with E-state index < -0.39 is 0 Å². The molecular formula is C16H21NOS. The van der Waals surface area contributed by atoms with Crippen molar-refractivity contribution in [1.29, 1.82) is 0 Å². The van der Waals surface area contributed by atoms with Crippen LogP contribution >= 0.6 is 11.3 Å². The van der Waals surface area contributed by atoms with E-state index in [1.54, 1.807) is 18.4 Å². The number of ether oxygens (including phenoxy) is 1. The van der Waals surface area contributed by atoms with Gasteiger partial charge in [-0.25, -0.2) is 0 Å². The quantitative estimate of drug-likeness (QED) is 0.859. The van der Waals surface area contributed by atoms with Crippen molar-refractivity contribution in [3.63, 3.8) is 0 Å². The Labute approximate surface area is 119 Å². The third-order valence-electron chi connectivity index (χ3n) is 3.26. The Morgan fingerprint density at radius 2 is 2.00 bits per heavy atom. The summed E-state index contributed by atoms with van der Waals surface area (Å²) in [6.07, 6.45) is 1.06. The van der Waals surface area contributed by atoms with Crippen molar-refractivity contribution in [2.24, 2.45) is 0 Å². The lowest BCUT2D eigenvalue weighted by molar-refractivity contribution is 0.395. The number of thiophene rings is 1. The van der Waals surface area contributed by atoms with Crippen molar-refractivity contribution in [3.8, 4) is 5.75 Å². The average Bonchev–Trinajstić information content (AvgIpc) is 2.91. The minimum Gasteiger partial charge on any atom is -0.496 e. The van der Waals surface area contributed by atoms with Crippen LogP contribution in [0.2, 0.25) is 0 Å². The number of para-hydroxylation sites is 1. The largest absolute Gasteiger partial charge is 0.496 e. The molecule has 3 heteroatoms. The van der Waals surface area contributed by atoms with E-state index in [9.17, 15) is 0 Å². The van der Waals surface area contributed by atoms with E-state index >= 15 is 0 Å². The molecule has 0 bridgehead atoms. The summed E-state index contributed by atoms with van der Waals surface area (Å²) < 4.78 is 5.42. The SMILES string of the molecule is COc1ccccc1C(C)NC(C)Cc1ccsc1. The van der Waals surface area contributed by atoms with Gasteiger partial charge in [-0.15, -0.1) is 0 Å². The fourth-order valence-corrected chi connectivity index (χ4v) is 3.04. The first kappa shape index (κ1) is 14.1. The third-order valence-corrected chi connectivity index (χ3v) is 3.99. The van der Waals surface area contributed by atoms with Crippen LogP contribution in [0.15, 0.2) is 41.1 Å². The maximum Gasteiger partial charge on any atom is 0.123 e. The summed E-state index contributed by atoms with van der Waals surface area (Å²) in [4.78, 5) is 0. The van der Waals surface area contributed by atoms with Gasteiger partial charge in [0, 0.05) is 17.6 Å². The lowest BCUT2D eigenvalue weighted by Crippen LogP contribution is -2.30. The van der Waals surface area contributed by atoms with Crippen LogP contribution < -0.4 is 10.1 Å². The maximum absolute atomic E-state index is 5.42. The molecule has 0 aliphatic heterocycles. The van der Waals surface area contributed by atoms with Crippen LogP contribution in [0.1, 0.15) is 31.0 Å². The van der Waals surface area contributed by atoms with E-state index in [0.29, 0.717) is 6.04 Å². The molecule has 0 aliphatic rings. The molecule has 0 saturated heterocycles. The van der Waals surface area contributed by atoms with Gasteiger partial charge in [0.25, 0.3) is 0 Å². The zero-order chi connectivity index (χ0) is 13.7. The van der Waals surface area contributed by atoms with Gasteiger partial charge >= 0.3 is 0 Å². The summed E-state index contributed by atoms with van der Waals surface area (Å²) in [6, 6.07) is 11.1. The maximum atomic E-state index is 5.42. The zero-order valence-electron chi connectivity index (χ0n) is 11.7. The minimum atomic E-state index is 0.282. The van der Waals surface area contributed by atoms with Gasteiger partial charge in [0.1, 0.15) is 5.75 Å². The standard InChI is InChI=1S/C16H21NOS/c1-12(10-14-8-9-19-11-14)17-13(2)15-6-4-5-7-16(15)18-3/h4-9,11-13,17H,10H2,1-3H3. The number of nitrogens with one attached hydrogen (secondary N) is 1. The molecule has 1 aromatic heterocycles. The van der Waals surface area contributed by atoms with Crippen LogP contribution in [0.25, 0.3) is 0 Å². The first-order valence-electron chi connectivity index (χ1n) is 6.60. The second kappa shape index (κ2) is 6.73. The number of methoxy groups -OCH3 is 1. The highest BCUT2D eigenvalue weighted by Crippen LogP contribution is 2.24. The van der Waals surface area contributed by atoms with Crippen molar-refractivity contribution in [2.45, 2.75) is 32.4 Å². The van der Waals surface area contributed by atoms with E-state index in [1.807, 2.05) is 12.1 Å². The van der Waals surface area contributed by atoms with E-state index in [-0.39, 0.29) is 6.04 Å². The molecule has 2 rings (SSSR count). The molecular weight excluding hydrogens is 254 g/mol. The summed E-state index contributed by atoms with van der Waals surface area (Å²) >= 11 is 1.76. The van der Waals surface area contributed by atoms with Crippen molar-refractivity contribution in [1.82, 2.24) is 5.32 Å². The normalized spacial score (nSPS) is 14.1. The molecule has 19 heavy (non-hydrogen) atoms. The second-order valence-electron chi connectivity index (χ2n) is 4.87. The second-order valence-corrected chi connectivity index (χ2v) is 5.65. The van der Waals surface area contributed by atoms with Crippen molar-refractivity contribution >= 4 is 11.3 Å². The number of rotatable bonds is 6. The third kappa shape index (κ3) is 3.82. The van der Waals surface area contributed by atoms with Crippen LogP contribution in [0.5, 0.6) is 5.75 Å². The van der Waals surface area contributed by atoms with Crippen molar-refractivity contribution in [3.05, 3.63) is 52.2 Å². The first-order chi connectivity index (χ1) is 9.20. The Balaban J connectivity index is 1.98. The Hall–Kier alpha value is -1.32. The Bertz CT molecular complexity index is 495. The molecule has 2 nitrogen and oxygen atoms in total. The molecule has 0 spiro atoms. The topological polar surface area (TPSA) is 21.3 Å². The van der Waals surface area contributed by atoms with Gasteiger partial charge in [0.2, 0.25) is 0 Å². The van der Waals surface area contributed by atoms with Gasteiger partial charge in [-0.2, -0.15) is 11.3 Å². The molecule has 0 amide bonds.